The van der Waals surface area contributed by atoms with E-state index in [2.05, 4.69) is 0 Å². The normalized spacial score (nSPS) is 2.00. The fourth-order valence-corrected chi connectivity index (χ4v) is 0. The fourth-order valence-electron chi connectivity index (χ4n) is 0. The van der Waals surface area contributed by atoms with E-state index in [1.165, 1.54) is 0 Å². The Morgan fingerprint density at radius 1 is 1.25 bits per heavy atom. The van der Waals surface area contributed by atoms with Crippen LogP contribution in [0.1, 0.15) is 0 Å². The van der Waals surface area contributed by atoms with Crippen molar-refractivity contribution in [2.24, 2.45) is 0 Å². The molecule has 0 saturated carbocycles. The molecule has 20 valence electrons. The zero-order valence-corrected chi connectivity index (χ0v) is 10.1. The SMILES string of the molecule is [O]=[U]=[O].[Th]. The molecule has 0 amide bonds. The Hall–Kier alpha value is 1.98. The van der Waals surface area contributed by atoms with Crippen LogP contribution in [0, 0.1) is 67.8 Å². The van der Waals surface area contributed by atoms with Gasteiger partial charge in [-0.15, -0.1) is 0 Å². The van der Waals surface area contributed by atoms with Gasteiger partial charge in [-0.2, -0.15) is 0 Å². The molecule has 0 spiro atoms. The van der Waals surface area contributed by atoms with Crippen LogP contribution < -0.4 is 0 Å². The summed E-state index contributed by atoms with van der Waals surface area (Å²) in [5.41, 5.74) is 0. The average Bonchev–Trinajstić information content (AvgIpc) is 0.918. The third-order valence-corrected chi connectivity index (χ3v) is 0. The first kappa shape index (κ1) is 9.36. The summed E-state index contributed by atoms with van der Waals surface area (Å²) in [6, 6.07) is 0. The Morgan fingerprint density at radius 2 is 1.25 bits per heavy atom. The molecule has 4 heteroatoms. The summed E-state index contributed by atoms with van der Waals surface area (Å²) in [6.45, 7) is 0. The van der Waals surface area contributed by atoms with E-state index in [0.717, 1.165) is 0 Å². The molecular formula is O2ThU. The van der Waals surface area contributed by atoms with Gasteiger partial charge in [0, 0.05) is 39.9 Å². The van der Waals surface area contributed by atoms with Crippen molar-refractivity contribution < 1.29 is 72.2 Å². The second-order valence-electron chi connectivity index (χ2n) is 0.0833. The van der Waals surface area contributed by atoms with Crippen LogP contribution >= 0.6 is 0 Å². The van der Waals surface area contributed by atoms with Crippen molar-refractivity contribution in [3.05, 3.63) is 0 Å². The van der Waals surface area contributed by atoms with Gasteiger partial charge in [0.05, 0.1) is 0 Å². The summed E-state index contributed by atoms with van der Waals surface area (Å²) in [5, 5.41) is 0. The summed E-state index contributed by atoms with van der Waals surface area (Å²) < 4.78 is 17.2. The van der Waals surface area contributed by atoms with Gasteiger partial charge in [0.25, 0.3) is 0 Å². The van der Waals surface area contributed by atoms with Gasteiger partial charge < -0.3 is 0 Å². The van der Waals surface area contributed by atoms with Crippen molar-refractivity contribution in [2.75, 3.05) is 0 Å². The maximum atomic E-state index is 8.58. The van der Waals surface area contributed by atoms with E-state index < -0.39 is 27.8 Å². The van der Waals surface area contributed by atoms with E-state index >= 15 is 0 Å². The topological polar surface area (TPSA) is 34.1 Å². The third-order valence-electron chi connectivity index (χ3n) is 0. The number of hydrogen-bond acceptors (Lipinski definition) is 2. The molecule has 2 nitrogen and oxygen atoms in total. The molecule has 0 aromatic carbocycles. The van der Waals surface area contributed by atoms with Crippen LogP contribution in [0.25, 0.3) is 0 Å². The van der Waals surface area contributed by atoms with Crippen LogP contribution in [-0.2, 0) is 4.47 Å². The Bertz CT molecular complexity index is 27.0. The largest absolute Gasteiger partial charge is 0 e. The molecular weight excluding hydrogens is 502 g/mol. The molecule has 0 aromatic rings. The molecule has 0 radical (unpaired) electrons. The minimum Gasteiger partial charge on any atom is 0 e. The molecule has 0 rings (SSSR count). The van der Waals surface area contributed by atoms with Crippen molar-refractivity contribution in [3.63, 3.8) is 0 Å². The van der Waals surface area contributed by atoms with Crippen LogP contribution in [-0.4, -0.2) is 0 Å². The minimum absolute atomic E-state index is 0. The molecule has 0 heterocycles. The predicted octanol–water partition coefficient (Wildman–Crippen LogP) is -0.238. The standard InChI is InChI=1S/2O.Th.U. The maximum Gasteiger partial charge on any atom is 0 e. The van der Waals surface area contributed by atoms with Crippen LogP contribution in [0.5, 0.6) is 0 Å². The zero-order chi connectivity index (χ0) is 2.71. The minimum atomic E-state index is -2.51. The molecule has 0 N–H and O–H groups in total. The Kier molecular flexibility index (Phi) is 20.8. The van der Waals surface area contributed by atoms with Gasteiger partial charge in [0.1, 0.15) is 0 Å². The molecule has 0 bridgehead atoms. The van der Waals surface area contributed by atoms with Gasteiger partial charge in [0.2, 0.25) is 0 Å². The van der Waals surface area contributed by atoms with Gasteiger partial charge in [-0.25, -0.2) is 0 Å². The molecule has 0 aromatic heterocycles. The number of rotatable bonds is 0. The van der Waals surface area contributed by atoms with Crippen molar-refractivity contribution >= 4 is 0 Å². The van der Waals surface area contributed by atoms with Crippen LogP contribution in [0.4, 0.5) is 0 Å². The maximum absolute atomic E-state index is 8.58. The fraction of sp³-hybridized carbons (Fsp3) is 0. The zero-order valence-electron chi connectivity index (χ0n) is 1.82. The van der Waals surface area contributed by atoms with Crippen molar-refractivity contribution in [1.29, 1.82) is 0 Å². The second-order valence-corrected chi connectivity index (χ2v) is 0.777. The van der Waals surface area contributed by atoms with Crippen molar-refractivity contribution in [2.45, 2.75) is 0 Å². The van der Waals surface area contributed by atoms with E-state index in [1.54, 1.807) is 0 Å². The van der Waals surface area contributed by atoms with Gasteiger partial charge in [-0.1, -0.05) is 0 Å². The summed E-state index contributed by atoms with van der Waals surface area (Å²) in [7, 11) is 0. The molecule has 0 atom stereocenters. The molecule has 0 saturated heterocycles. The van der Waals surface area contributed by atoms with E-state index in [-0.39, 0.29) is 39.9 Å². The van der Waals surface area contributed by atoms with E-state index in [4.69, 9.17) is 4.47 Å². The van der Waals surface area contributed by atoms with Gasteiger partial charge in [-0.3, -0.25) is 0 Å². The first-order valence-electron chi connectivity index (χ1n) is 0.408. The van der Waals surface area contributed by atoms with Gasteiger partial charge >= 0.3 is 32.3 Å². The molecule has 0 fully saturated rings. The summed E-state index contributed by atoms with van der Waals surface area (Å²) >= 11 is -2.51. The summed E-state index contributed by atoms with van der Waals surface area (Å²) in [4.78, 5) is 0. The van der Waals surface area contributed by atoms with E-state index in [9.17, 15) is 0 Å². The number of hydrogen-bond donors (Lipinski definition) is 0. The first-order valence-corrected chi connectivity index (χ1v) is 3.81. The predicted molar refractivity (Wildman–Crippen MR) is 1.37 cm³/mol. The molecule has 0 unspecified atom stereocenters. The molecule has 0 aliphatic rings. The smallest absolute Gasteiger partial charge is 0 e. The van der Waals surface area contributed by atoms with Crippen molar-refractivity contribution in [3.8, 4) is 0 Å². The third kappa shape index (κ3) is 9.02. The molecule has 0 aliphatic carbocycles. The van der Waals surface area contributed by atoms with E-state index in [1.807, 2.05) is 0 Å². The van der Waals surface area contributed by atoms with Crippen LogP contribution in [0.2, 0.25) is 0 Å². The van der Waals surface area contributed by atoms with E-state index in [0.29, 0.717) is 0 Å². The average molecular weight is 502 g/mol. The Balaban J connectivity index is 0. The monoisotopic (exact) mass is 502 g/mol. The van der Waals surface area contributed by atoms with Crippen LogP contribution in [0.3, 0.4) is 0 Å². The Morgan fingerprint density at radius 3 is 1.25 bits per heavy atom. The van der Waals surface area contributed by atoms with Gasteiger partial charge in [-0.05, 0) is 0 Å². The summed E-state index contributed by atoms with van der Waals surface area (Å²) in [5.74, 6) is 0. The summed E-state index contributed by atoms with van der Waals surface area (Å²) in [6.07, 6.45) is 0. The van der Waals surface area contributed by atoms with Crippen molar-refractivity contribution in [1.82, 2.24) is 0 Å². The quantitative estimate of drug-likeness (QED) is 0.459. The Labute approximate surface area is 70.6 Å². The molecule has 4 heavy (non-hydrogen) atoms. The van der Waals surface area contributed by atoms with Gasteiger partial charge in [0.15, 0.2) is 0 Å². The first-order chi connectivity index (χ1) is 1.41. The van der Waals surface area contributed by atoms with Crippen LogP contribution in [0.15, 0.2) is 0 Å². The molecule has 0 aliphatic heterocycles. The second kappa shape index (κ2) is 8.88.